The number of benzene rings is 1. The second kappa shape index (κ2) is 4.72. The second-order valence-electron chi connectivity index (χ2n) is 2.84. The van der Waals surface area contributed by atoms with Crippen molar-refractivity contribution in [2.24, 2.45) is 0 Å². The molecule has 1 aromatic carbocycles. The van der Waals surface area contributed by atoms with Gasteiger partial charge in [-0.25, -0.2) is 8.78 Å². The van der Waals surface area contributed by atoms with Crippen LogP contribution in [-0.4, -0.2) is 17.7 Å². The van der Waals surface area contributed by atoms with E-state index >= 15 is 0 Å². The van der Waals surface area contributed by atoms with E-state index in [1.165, 1.54) is 0 Å². The van der Waals surface area contributed by atoms with Crippen molar-refractivity contribution < 1.29 is 23.4 Å². The molecular weight excluding hydrogens is 206 g/mol. The Morgan fingerprint density at radius 1 is 1.47 bits per heavy atom. The van der Waals surface area contributed by atoms with Crippen LogP contribution in [0.5, 0.6) is 5.75 Å². The van der Waals surface area contributed by atoms with Gasteiger partial charge in [0.1, 0.15) is 5.82 Å². The third-order valence-corrected chi connectivity index (χ3v) is 1.78. The summed E-state index contributed by atoms with van der Waals surface area (Å²) in [5.41, 5.74) is -0.478. The molecule has 0 radical (unpaired) electrons. The van der Waals surface area contributed by atoms with Gasteiger partial charge in [0, 0.05) is 5.56 Å². The van der Waals surface area contributed by atoms with Crippen LogP contribution in [0.1, 0.15) is 12.5 Å². The molecule has 0 unspecified atom stereocenters. The SMILES string of the molecule is CCOc1ccc(F)c(CC(=O)O)c1F. The van der Waals surface area contributed by atoms with E-state index in [9.17, 15) is 13.6 Å². The van der Waals surface area contributed by atoms with E-state index in [4.69, 9.17) is 9.84 Å². The Balaban J connectivity index is 3.11. The van der Waals surface area contributed by atoms with Gasteiger partial charge in [0.25, 0.3) is 0 Å². The van der Waals surface area contributed by atoms with Crippen molar-refractivity contribution in [1.82, 2.24) is 0 Å². The summed E-state index contributed by atoms with van der Waals surface area (Å²) >= 11 is 0. The van der Waals surface area contributed by atoms with Crippen LogP contribution in [0.15, 0.2) is 12.1 Å². The topological polar surface area (TPSA) is 46.5 Å². The highest BCUT2D eigenvalue weighted by molar-refractivity contribution is 5.70. The minimum Gasteiger partial charge on any atom is -0.491 e. The molecule has 0 atom stereocenters. The Kier molecular flexibility index (Phi) is 3.60. The maximum absolute atomic E-state index is 13.5. The second-order valence-corrected chi connectivity index (χ2v) is 2.84. The molecule has 0 aromatic heterocycles. The third kappa shape index (κ3) is 2.65. The van der Waals surface area contributed by atoms with Gasteiger partial charge in [0.2, 0.25) is 0 Å². The molecule has 0 bridgehead atoms. The number of halogens is 2. The van der Waals surface area contributed by atoms with Gasteiger partial charge in [-0.05, 0) is 19.1 Å². The zero-order valence-electron chi connectivity index (χ0n) is 8.09. The maximum Gasteiger partial charge on any atom is 0.308 e. The average molecular weight is 216 g/mol. The van der Waals surface area contributed by atoms with Crippen LogP contribution in [0.2, 0.25) is 0 Å². The molecule has 1 N–H and O–H groups in total. The standard InChI is InChI=1S/C10H10F2O3/c1-2-15-8-4-3-7(11)6(10(8)12)5-9(13)14/h3-4H,2,5H2,1H3,(H,13,14). The fourth-order valence-corrected chi connectivity index (χ4v) is 1.16. The van der Waals surface area contributed by atoms with Gasteiger partial charge in [0.15, 0.2) is 11.6 Å². The Morgan fingerprint density at radius 3 is 2.67 bits per heavy atom. The normalized spacial score (nSPS) is 10.1. The number of carboxylic acids is 1. The average Bonchev–Trinajstić information content (AvgIpc) is 2.17. The van der Waals surface area contributed by atoms with Gasteiger partial charge < -0.3 is 9.84 Å². The van der Waals surface area contributed by atoms with Crippen molar-refractivity contribution in [3.63, 3.8) is 0 Å². The molecule has 0 fully saturated rings. The van der Waals surface area contributed by atoms with E-state index in [1.807, 2.05) is 0 Å². The third-order valence-electron chi connectivity index (χ3n) is 1.78. The summed E-state index contributed by atoms with van der Waals surface area (Å²) in [5.74, 6) is -3.24. The number of hydrogen-bond acceptors (Lipinski definition) is 2. The van der Waals surface area contributed by atoms with Gasteiger partial charge in [-0.3, -0.25) is 4.79 Å². The minimum atomic E-state index is -1.29. The number of carbonyl (C=O) groups is 1. The van der Waals surface area contributed by atoms with E-state index in [0.717, 1.165) is 12.1 Å². The van der Waals surface area contributed by atoms with E-state index in [-0.39, 0.29) is 12.4 Å². The monoisotopic (exact) mass is 216 g/mol. The van der Waals surface area contributed by atoms with Crippen LogP contribution < -0.4 is 4.74 Å². The first-order valence-corrected chi connectivity index (χ1v) is 4.37. The lowest BCUT2D eigenvalue weighted by Gasteiger charge is -2.08. The van der Waals surface area contributed by atoms with E-state index < -0.39 is 29.6 Å². The van der Waals surface area contributed by atoms with Crippen molar-refractivity contribution in [3.8, 4) is 5.75 Å². The molecule has 0 heterocycles. The molecule has 0 amide bonds. The highest BCUT2D eigenvalue weighted by Gasteiger charge is 2.16. The van der Waals surface area contributed by atoms with E-state index in [0.29, 0.717) is 0 Å². The number of ether oxygens (including phenoxy) is 1. The molecule has 0 aliphatic carbocycles. The highest BCUT2D eigenvalue weighted by atomic mass is 19.1. The van der Waals surface area contributed by atoms with Crippen LogP contribution in [-0.2, 0) is 11.2 Å². The smallest absolute Gasteiger partial charge is 0.308 e. The van der Waals surface area contributed by atoms with Crippen LogP contribution >= 0.6 is 0 Å². The summed E-state index contributed by atoms with van der Waals surface area (Å²) in [5, 5.41) is 8.46. The van der Waals surface area contributed by atoms with Gasteiger partial charge in [-0.15, -0.1) is 0 Å². The highest BCUT2D eigenvalue weighted by Crippen LogP contribution is 2.23. The quantitative estimate of drug-likeness (QED) is 0.837. The Labute approximate surface area is 85.3 Å². The lowest BCUT2D eigenvalue weighted by molar-refractivity contribution is -0.136. The fourth-order valence-electron chi connectivity index (χ4n) is 1.16. The lowest BCUT2D eigenvalue weighted by Crippen LogP contribution is -2.07. The van der Waals surface area contributed by atoms with Crippen molar-refractivity contribution >= 4 is 5.97 Å². The molecule has 1 rings (SSSR count). The molecule has 15 heavy (non-hydrogen) atoms. The minimum absolute atomic E-state index is 0.129. The molecule has 0 spiro atoms. The fraction of sp³-hybridized carbons (Fsp3) is 0.300. The molecule has 0 saturated heterocycles. The van der Waals surface area contributed by atoms with Gasteiger partial charge >= 0.3 is 5.97 Å². The summed E-state index contributed by atoms with van der Waals surface area (Å²) in [6.45, 7) is 1.88. The van der Waals surface area contributed by atoms with Crippen molar-refractivity contribution in [3.05, 3.63) is 29.3 Å². The zero-order chi connectivity index (χ0) is 11.4. The van der Waals surface area contributed by atoms with Crippen LogP contribution in [0, 0.1) is 11.6 Å². The molecule has 5 heteroatoms. The molecule has 3 nitrogen and oxygen atoms in total. The van der Waals surface area contributed by atoms with Crippen molar-refractivity contribution in [2.75, 3.05) is 6.61 Å². The van der Waals surface area contributed by atoms with Gasteiger partial charge in [0.05, 0.1) is 13.0 Å². The van der Waals surface area contributed by atoms with Crippen molar-refractivity contribution in [1.29, 1.82) is 0 Å². The molecule has 0 saturated carbocycles. The molecular formula is C10H10F2O3. The molecule has 1 aromatic rings. The number of carboxylic acid groups (broad SMARTS) is 1. The van der Waals surface area contributed by atoms with Crippen molar-refractivity contribution in [2.45, 2.75) is 13.3 Å². The number of rotatable bonds is 4. The summed E-state index contributed by atoms with van der Waals surface area (Å²) in [7, 11) is 0. The summed E-state index contributed by atoms with van der Waals surface area (Å²) in [6, 6.07) is 2.13. The van der Waals surface area contributed by atoms with Gasteiger partial charge in [-0.1, -0.05) is 0 Å². The van der Waals surface area contributed by atoms with Crippen LogP contribution in [0.25, 0.3) is 0 Å². The number of hydrogen-bond donors (Lipinski definition) is 1. The Morgan fingerprint density at radius 2 is 2.13 bits per heavy atom. The van der Waals surface area contributed by atoms with E-state index in [1.54, 1.807) is 6.92 Å². The largest absolute Gasteiger partial charge is 0.491 e. The predicted octanol–water partition coefficient (Wildman–Crippen LogP) is 1.99. The van der Waals surface area contributed by atoms with Crippen LogP contribution in [0.3, 0.4) is 0 Å². The Hall–Kier alpha value is -1.65. The number of aliphatic carboxylic acids is 1. The maximum atomic E-state index is 13.5. The van der Waals surface area contributed by atoms with E-state index in [2.05, 4.69) is 0 Å². The summed E-state index contributed by atoms with van der Waals surface area (Å²) < 4.78 is 31.4. The first-order valence-electron chi connectivity index (χ1n) is 4.37. The Bertz CT molecular complexity index is 377. The van der Waals surface area contributed by atoms with Crippen LogP contribution in [0.4, 0.5) is 8.78 Å². The summed E-state index contributed by atoms with van der Waals surface area (Å²) in [4.78, 5) is 10.4. The molecule has 0 aliphatic rings. The lowest BCUT2D eigenvalue weighted by atomic mass is 10.1. The first kappa shape index (κ1) is 11.4. The molecule has 82 valence electrons. The van der Waals surface area contributed by atoms with Gasteiger partial charge in [-0.2, -0.15) is 0 Å². The predicted molar refractivity (Wildman–Crippen MR) is 48.9 cm³/mol. The first-order chi connectivity index (χ1) is 7.06. The molecule has 0 aliphatic heterocycles. The zero-order valence-corrected chi connectivity index (χ0v) is 8.09. The summed E-state index contributed by atoms with van der Waals surface area (Å²) in [6.07, 6.45) is -0.696.